The van der Waals surface area contributed by atoms with E-state index in [1.54, 1.807) is 24.3 Å². The number of hydrogen-bond donors (Lipinski definition) is 2. The molecule has 0 aliphatic rings. The molecule has 0 saturated heterocycles. The molecule has 1 amide bonds. The van der Waals surface area contributed by atoms with Gasteiger partial charge in [-0.15, -0.1) is 0 Å². The average Bonchev–Trinajstić information content (AvgIpc) is 2.48. The molecule has 0 aromatic heterocycles. The molecule has 0 radical (unpaired) electrons. The minimum Gasteiger partial charge on any atom is -0.507 e. The van der Waals surface area contributed by atoms with Crippen LogP contribution in [0, 0.1) is 5.82 Å². The Labute approximate surface area is 122 Å². The van der Waals surface area contributed by atoms with Gasteiger partial charge < -0.3 is 15.2 Å². The van der Waals surface area contributed by atoms with Gasteiger partial charge in [0.05, 0.1) is 12.7 Å². The zero-order valence-corrected chi connectivity index (χ0v) is 11.6. The van der Waals surface area contributed by atoms with E-state index in [9.17, 15) is 14.3 Å². The number of halogens is 1. The quantitative estimate of drug-likeness (QED) is 0.889. The number of aromatic hydroxyl groups is 1. The van der Waals surface area contributed by atoms with Crippen LogP contribution >= 0.6 is 0 Å². The minimum atomic E-state index is -0.411. The fourth-order valence-corrected chi connectivity index (χ4v) is 1.94. The van der Waals surface area contributed by atoms with Crippen LogP contribution < -0.4 is 10.1 Å². The number of hydrogen-bond acceptors (Lipinski definition) is 3. The number of methoxy groups -OCH3 is 1. The number of carbonyl (C=O) groups is 1. The van der Waals surface area contributed by atoms with Gasteiger partial charge in [0, 0.05) is 12.6 Å². The Morgan fingerprint density at radius 3 is 2.71 bits per heavy atom. The fraction of sp³-hybridized carbons (Fsp3) is 0.188. The van der Waals surface area contributed by atoms with Crippen molar-refractivity contribution in [3.05, 3.63) is 59.4 Å². The van der Waals surface area contributed by atoms with Crippen molar-refractivity contribution in [1.82, 2.24) is 5.32 Å². The molecule has 21 heavy (non-hydrogen) atoms. The second-order valence-electron chi connectivity index (χ2n) is 4.48. The third kappa shape index (κ3) is 3.72. The van der Waals surface area contributed by atoms with Gasteiger partial charge in [0.25, 0.3) is 5.91 Å². The molecule has 0 spiro atoms. The standard InChI is InChI=1S/C16H16FNO3/c1-21-12-6-7-13(15(19)10-12)16(20)18-9-8-11-4-2-3-5-14(11)17/h2-7,10,19H,8-9H2,1H3,(H,18,20). The zero-order valence-electron chi connectivity index (χ0n) is 11.6. The molecule has 0 aliphatic carbocycles. The summed E-state index contributed by atoms with van der Waals surface area (Å²) in [6, 6.07) is 10.9. The Kier molecular flexibility index (Phi) is 4.77. The molecule has 0 heterocycles. The van der Waals surface area contributed by atoms with Gasteiger partial charge in [0.1, 0.15) is 17.3 Å². The van der Waals surface area contributed by atoms with E-state index in [4.69, 9.17) is 4.74 Å². The highest BCUT2D eigenvalue weighted by atomic mass is 19.1. The molecule has 5 heteroatoms. The first-order chi connectivity index (χ1) is 10.1. The van der Waals surface area contributed by atoms with Gasteiger partial charge in [-0.2, -0.15) is 0 Å². The maximum Gasteiger partial charge on any atom is 0.255 e. The molecule has 0 aliphatic heterocycles. The number of carbonyl (C=O) groups excluding carboxylic acids is 1. The van der Waals surface area contributed by atoms with Crippen LogP contribution in [0.4, 0.5) is 4.39 Å². The van der Waals surface area contributed by atoms with Crippen molar-refractivity contribution in [3.8, 4) is 11.5 Å². The number of ether oxygens (including phenoxy) is 1. The van der Waals surface area contributed by atoms with Crippen molar-refractivity contribution in [2.45, 2.75) is 6.42 Å². The fourth-order valence-electron chi connectivity index (χ4n) is 1.94. The molecule has 2 rings (SSSR count). The molecule has 2 N–H and O–H groups in total. The van der Waals surface area contributed by atoms with E-state index in [0.717, 1.165) is 0 Å². The second-order valence-corrected chi connectivity index (χ2v) is 4.48. The van der Waals surface area contributed by atoms with Crippen LogP contribution in [-0.2, 0) is 6.42 Å². The van der Waals surface area contributed by atoms with E-state index < -0.39 is 5.91 Å². The monoisotopic (exact) mass is 289 g/mol. The molecule has 2 aromatic carbocycles. The summed E-state index contributed by atoms with van der Waals surface area (Å²) in [7, 11) is 1.48. The molecule has 0 bridgehead atoms. The zero-order chi connectivity index (χ0) is 15.2. The first-order valence-electron chi connectivity index (χ1n) is 6.50. The van der Waals surface area contributed by atoms with Crippen LogP contribution in [0.2, 0.25) is 0 Å². The van der Waals surface area contributed by atoms with Crippen LogP contribution in [-0.4, -0.2) is 24.7 Å². The van der Waals surface area contributed by atoms with Gasteiger partial charge in [0.15, 0.2) is 0 Å². The lowest BCUT2D eigenvalue weighted by Crippen LogP contribution is -2.26. The van der Waals surface area contributed by atoms with Crippen molar-refractivity contribution in [1.29, 1.82) is 0 Å². The largest absolute Gasteiger partial charge is 0.507 e. The van der Waals surface area contributed by atoms with Crippen molar-refractivity contribution in [3.63, 3.8) is 0 Å². The van der Waals surface area contributed by atoms with E-state index in [2.05, 4.69) is 5.32 Å². The SMILES string of the molecule is COc1ccc(C(=O)NCCc2ccccc2F)c(O)c1. The van der Waals surface area contributed by atoms with Gasteiger partial charge >= 0.3 is 0 Å². The van der Waals surface area contributed by atoms with Gasteiger partial charge in [0.2, 0.25) is 0 Å². The highest BCUT2D eigenvalue weighted by molar-refractivity contribution is 5.96. The van der Waals surface area contributed by atoms with Crippen molar-refractivity contribution < 1.29 is 19.0 Å². The number of phenolic OH excluding ortho intramolecular Hbond substituents is 1. The first kappa shape index (κ1) is 14.8. The van der Waals surface area contributed by atoms with E-state index in [1.807, 2.05) is 0 Å². The Hall–Kier alpha value is -2.56. The number of amides is 1. The van der Waals surface area contributed by atoms with E-state index >= 15 is 0 Å². The molecule has 0 fully saturated rings. The molecule has 2 aromatic rings. The summed E-state index contributed by atoms with van der Waals surface area (Å²) in [6.45, 7) is 0.283. The maximum atomic E-state index is 13.4. The highest BCUT2D eigenvalue weighted by Gasteiger charge is 2.11. The third-order valence-electron chi connectivity index (χ3n) is 3.09. The van der Waals surface area contributed by atoms with Gasteiger partial charge in [-0.1, -0.05) is 18.2 Å². The summed E-state index contributed by atoms with van der Waals surface area (Å²) in [5.74, 6) is -0.390. The molecular weight excluding hydrogens is 273 g/mol. The maximum absolute atomic E-state index is 13.4. The predicted octanol–water partition coefficient (Wildman–Crippen LogP) is 2.51. The molecule has 0 saturated carbocycles. The molecular formula is C16H16FNO3. The summed E-state index contributed by atoms with van der Waals surface area (Å²) < 4.78 is 18.4. The van der Waals surface area contributed by atoms with Crippen LogP contribution in [0.3, 0.4) is 0 Å². The molecule has 4 nitrogen and oxygen atoms in total. The van der Waals surface area contributed by atoms with Gasteiger partial charge in [-0.25, -0.2) is 4.39 Å². The lowest BCUT2D eigenvalue weighted by Gasteiger charge is -2.08. The summed E-state index contributed by atoms with van der Waals surface area (Å²) in [5.41, 5.74) is 0.695. The van der Waals surface area contributed by atoms with Crippen molar-refractivity contribution >= 4 is 5.91 Å². The number of benzene rings is 2. The Morgan fingerprint density at radius 2 is 2.05 bits per heavy atom. The summed E-state index contributed by atoms with van der Waals surface area (Å²) in [5, 5.41) is 12.4. The molecule has 0 atom stereocenters. The first-order valence-corrected chi connectivity index (χ1v) is 6.50. The van der Waals surface area contributed by atoms with E-state index in [1.165, 1.54) is 25.3 Å². The molecule has 0 unspecified atom stereocenters. The Morgan fingerprint density at radius 1 is 1.29 bits per heavy atom. The Bertz CT molecular complexity index is 643. The van der Waals surface area contributed by atoms with Gasteiger partial charge in [-0.3, -0.25) is 4.79 Å². The number of nitrogens with one attached hydrogen (secondary N) is 1. The van der Waals surface area contributed by atoms with Crippen LogP contribution in [0.25, 0.3) is 0 Å². The second kappa shape index (κ2) is 6.74. The lowest BCUT2D eigenvalue weighted by atomic mass is 10.1. The number of phenols is 1. The topological polar surface area (TPSA) is 58.6 Å². The summed E-state index contributed by atoms with van der Waals surface area (Å²) in [6.07, 6.45) is 0.384. The molecule has 110 valence electrons. The van der Waals surface area contributed by atoms with Crippen LogP contribution in [0.1, 0.15) is 15.9 Å². The summed E-state index contributed by atoms with van der Waals surface area (Å²) >= 11 is 0. The van der Waals surface area contributed by atoms with E-state index in [0.29, 0.717) is 17.7 Å². The third-order valence-corrected chi connectivity index (χ3v) is 3.09. The smallest absolute Gasteiger partial charge is 0.255 e. The van der Waals surface area contributed by atoms with Crippen LogP contribution in [0.5, 0.6) is 11.5 Å². The number of rotatable bonds is 5. The predicted molar refractivity (Wildman–Crippen MR) is 77.1 cm³/mol. The minimum absolute atomic E-state index is 0.155. The van der Waals surface area contributed by atoms with Crippen molar-refractivity contribution in [2.75, 3.05) is 13.7 Å². The van der Waals surface area contributed by atoms with Gasteiger partial charge in [-0.05, 0) is 30.2 Å². The normalized spacial score (nSPS) is 10.2. The van der Waals surface area contributed by atoms with Crippen LogP contribution in [0.15, 0.2) is 42.5 Å². The Balaban J connectivity index is 1.95. The highest BCUT2D eigenvalue weighted by Crippen LogP contribution is 2.23. The lowest BCUT2D eigenvalue weighted by molar-refractivity contribution is 0.0951. The van der Waals surface area contributed by atoms with Crippen molar-refractivity contribution in [2.24, 2.45) is 0 Å². The van der Waals surface area contributed by atoms with E-state index in [-0.39, 0.29) is 23.7 Å². The summed E-state index contributed by atoms with van der Waals surface area (Å²) in [4.78, 5) is 11.9. The average molecular weight is 289 g/mol.